The van der Waals surface area contributed by atoms with Gasteiger partial charge in [0, 0.05) is 18.8 Å². The second-order valence-electron chi connectivity index (χ2n) is 4.55. The van der Waals surface area contributed by atoms with Crippen LogP contribution in [0.1, 0.15) is 40.0 Å². The van der Waals surface area contributed by atoms with E-state index in [0.29, 0.717) is 17.4 Å². The maximum atomic E-state index is 12.3. The van der Waals surface area contributed by atoms with Crippen LogP contribution in [0.15, 0.2) is 17.2 Å². The highest BCUT2D eigenvalue weighted by atomic mass is 35.5. The topological polar surface area (TPSA) is 71.1 Å². The minimum atomic E-state index is -3.57. The monoisotopic (exact) mass is 319 g/mol. The Labute approximate surface area is 126 Å². The van der Waals surface area contributed by atoms with E-state index >= 15 is 0 Å². The lowest BCUT2D eigenvalue weighted by Crippen LogP contribution is -2.34. The van der Waals surface area contributed by atoms with Crippen molar-refractivity contribution in [3.05, 3.63) is 17.3 Å². The molecule has 5 nitrogen and oxygen atoms in total. The predicted octanol–water partition coefficient (Wildman–Crippen LogP) is 3.02. The second-order valence-corrected chi connectivity index (χ2v) is 6.67. The van der Waals surface area contributed by atoms with Crippen molar-refractivity contribution in [2.75, 3.05) is 11.9 Å². The van der Waals surface area contributed by atoms with Crippen LogP contribution in [0.25, 0.3) is 0 Å². The molecule has 0 aromatic carbocycles. The molecule has 114 valence electrons. The normalized spacial score (nSPS) is 13.2. The van der Waals surface area contributed by atoms with Gasteiger partial charge in [0.15, 0.2) is 0 Å². The molecule has 0 amide bonds. The third-order valence-electron chi connectivity index (χ3n) is 2.92. The van der Waals surface area contributed by atoms with Gasteiger partial charge >= 0.3 is 0 Å². The van der Waals surface area contributed by atoms with E-state index in [4.69, 9.17) is 11.6 Å². The summed E-state index contributed by atoms with van der Waals surface area (Å²) >= 11 is 6.03. The Morgan fingerprint density at radius 1 is 1.35 bits per heavy atom. The molecule has 7 heteroatoms. The molecule has 0 aliphatic carbocycles. The molecule has 0 aliphatic heterocycles. The van der Waals surface area contributed by atoms with Gasteiger partial charge in [-0.3, -0.25) is 0 Å². The SMILES string of the molecule is CCCC(CC)NS(=O)(=O)c1cnc(NCC)c(Cl)c1. The van der Waals surface area contributed by atoms with Crippen LogP contribution in [0.5, 0.6) is 0 Å². The number of halogens is 1. The largest absolute Gasteiger partial charge is 0.369 e. The highest BCUT2D eigenvalue weighted by Crippen LogP contribution is 2.22. The minimum Gasteiger partial charge on any atom is -0.369 e. The maximum Gasteiger partial charge on any atom is 0.242 e. The Balaban J connectivity index is 2.95. The molecule has 1 aromatic heterocycles. The maximum absolute atomic E-state index is 12.3. The molecule has 1 atom stereocenters. The van der Waals surface area contributed by atoms with Crippen molar-refractivity contribution in [2.24, 2.45) is 0 Å². The van der Waals surface area contributed by atoms with Crippen molar-refractivity contribution in [1.82, 2.24) is 9.71 Å². The number of nitrogens with one attached hydrogen (secondary N) is 2. The number of hydrogen-bond acceptors (Lipinski definition) is 4. The Morgan fingerprint density at radius 3 is 2.55 bits per heavy atom. The van der Waals surface area contributed by atoms with Crippen molar-refractivity contribution >= 4 is 27.4 Å². The highest BCUT2D eigenvalue weighted by molar-refractivity contribution is 7.89. The van der Waals surface area contributed by atoms with Crippen LogP contribution in [0.2, 0.25) is 5.02 Å². The summed E-state index contributed by atoms with van der Waals surface area (Å²) in [6.07, 6.45) is 3.82. The molecule has 20 heavy (non-hydrogen) atoms. The number of nitrogens with zero attached hydrogens (tertiary/aromatic N) is 1. The molecule has 0 saturated heterocycles. The quantitative estimate of drug-likeness (QED) is 0.772. The van der Waals surface area contributed by atoms with Gasteiger partial charge in [-0.05, 0) is 25.8 Å². The van der Waals surface area contributed by atoms with Gasteiger partial charge < -0.3 is 5.32 Å². The zero-order chi connectivity index (χ0) is 15.2. The van der Waals surface area contributed by atoms with E-state index < -0.39 is 10.0 Å². The van der Waals surface area contributed by atoms with Crippen LogP contribution in [0.3, 0.4) is 0 Å². The molecule has 0 bridgehead atoms. The molecule has 1 rings (SSSR count). The zero-order valence-corrected chi connectivity index (χ0v) is 13.7. The summed E-state index contributed by atoms with van der Waals surface area (Å²) in [5, 5.41) is 3.27. The van der Waals surface area contributed by atoms with Crippen molar-refractivity contribution < 1.29 is 8.42 Å². The minimum absolute atomic E-state index is 0.0581. The van der Waals surface area contributed by atoms with Crippen molar-refractivity contribution in [3.63, 3.8) is 0 Å². The first-order valence-electron chi connectivity index (χ1n) is 6.86. The van der Waals surface area contributed by atoms with Crippen molar-refractivity contribution in [2.45, 2.75) is 51.0 Å². The van der Waals surface area contributed by atoms with Crippen LogP contribution in [0.4, 0.5) is 5.82 Å². The number of anilines is 1. The number of hydrogen-bond donors (Lipinski definition) is 2. The molecule has 1 heterocycles. The lowest BCUT2D eigenvalue weighted by molar-refractivity contribution is 0.512. The summed E-state index contributed by atoms with van der Waals surface area (Å²) < 4.78 is 27.2. The molecular weight excluding hydrogens is 298 g/mol. The van der Waals surface area contributed by atoms with Gasteiger partial charge in [0.05, 0.1) is 5.02 Å². The van der Waals surface area contributed by atoms with Gasteiger partial charge in [-0.1, -0.05) is 31.9 Å². The van der Waals surface area contributed by atoms with E-state index in [9.17, 15) is 8.42 Å². The number of rotatable bonds is 8. The van der Waals surface area contributed by atoms with Crippen LogP contribution < -0.4 is 10.0 Å². The second kappa shape index (κ2) is 7.81. The van der Waals surface area contributed by atoms with Gasteiger partial charge in [0.1, 0.15) is 10.7 Å². The summed E-state index contributed by atoms with van der Waals surface area (Å²) in [6, 6.07) is 1.37. The first-order valence-corrected chi connectivity index (χ1v) is 8.72. The van der Waals surface area contributed by atoms with Crippen LogP contribution in [0, 0.1) is 0 Å². The fourth-order valence-corrected chi connectivity index (χ4v) is 3.47. The van der Waals surface area contributed by atoms with Gasteiger partial charge in [-0.25, -0.2) is 18.1 Å². The van der Waals surface area contributed by atoms with E-state index in [2.05, 4.69) is 15.0 Å². The van der Waals surface area contributed by atoms with Gasteiger partial charge in [-0.15, -0.1) is 0 Å². The van der Waals surface area contributed by atoms with E-state index in [0.717, 1.165) is 19.3 Å². The highest BCUT2D eigenvalue weighted by Gasteiger charge is 2.20. The molecule has 1 unspecified atom stereocenters. The van der Waals surface area contributed by atoms with Crippen LogP contribution in [-0.4, -0.2) is 26.0 Å². The standard InChI is InChI=1S/C13H22ClN3O2S/c1-4-7-10(5-2)17-20(18,19)11-8-12(14)13(15-6-3)16-9-11/h8-10,17H,4-7H2,1-3H3,(H,15,16). The molecule has 1 aromatic rings. The average Bonchev–Trinajstić information content (AvgIpc) is 2.40. The lowest BCUT2D eigenvalue weighted by Gasteiger charge is -2.16. The van der Waals surface area contributed by atoms with Crippen molar-refractivity contribution in [3.8, 4) is 0 Å². The first kappa shape index (κ1) is 17.2. The number of aromatic nitrogens is 1. The molecule has 0 radical (unpaired) electrons. The molecule has 0 saturated carbocycles. The van der Waals surface area contributed by atoms with E-state index in [1.165, 1.54) is 12.3 Å². The third-order valence-corrected chi connectivity index (χ3v) is 4.70. The fourth-order valence-electron chi connectivity index (χ4n) is 1.85. The van der Waals surface area contributed by atoms with E-state index in [1.54, 1.807) is 0 Å². The molecule has 0 spiro atoms. The summed E-state index contributed by atoms with van der Waals surface area (Å²) in [6.45, 7) is 6.58. The number of pyridine rings is 1. The van der Waals surface area contributed by atoms with Gasteiger partial charge in [0.2, 0.25) is 10.0 Å². The Hall–Kier alpha value is -0.850. The molecular formula is C13H22ClN3O2S. The summed E-state index contributed by atoms with van der Waals surface area (Å²) in [7, 11) is -3.57. The van der Waals surface area contributed by atoms with Crippen molar-refractivity contribution in [1.29, 1.82) is 0 Å². The Morgan fingerprint density at radius 2 is 2.05 bits per heavy atom. The fraction of sp³-hybridized carbons (Fsp3) is 0.615. The van der Waals surface area contributed by atoms with Crippen LogP contribution >= 0.6 is 11.6 Å². The predicted molar refractivity (Wildman–Crippen MR) is 82.7 cm³/mol. The molecule has 2 N–H and O–H groups in total. The molecule has 0 aliphatic rings. The molecule has 0 fully saturated rings. The smallest absolute Gasteiger partial charge is 0.242 e. The lowest BCUT2D eigenvalue weighted by atomic mass is 10.1. The Bertz CT molecular complexity index is 534. The summed E-state index contributed by atoms with van der Waals surface area (Å²) in [4.78, 5) is 4.15. The third kappa shape index (κ3) is 4.61. The summed E-state index contributed by atoms with van der Waals surface area (Å²) in [5.74, 6) is 0.494. The van der Waals surface area contributed by atoms with Crippen LogP contribution in [-0.2, 0) is 10.0 Å². The van der Waals surface area contributed by atoms with Gasteiger partial charge in [0.25, 0.3) is 0 Å². The zero-order valence-electron chi connectivity index (χ0n) is 12.1. The van der Waals surface area contributed by atoms with Gasteiger partial charge in [-0.2, -0.15) is 0 Å². The number of sulfonamides is 1. The Kier molecular flexibility index (Phi) is 6.71. The van der Waals surface area contributed by atoms with E-state index in [1.807, 2.05) is 20.8 Å². The first-order chi connectivity index (χ1) is 9.44. The average molecular weight is 320 g/mol. The van der Waals surface area contributed by atoms with E-state index in [-0.39, 0.29) is 10.9 Å². The summed E-state index contributed by atoms with van der Waals surface area (Å²) in [5.41, 5.74) is 0.